The van der Waals surface area contributed by atoms with Crippen molar-refractivity contribution in [3.05, 3.63) is 39.7 Å². The standard InChI is InChI=1S/C17H19NO6/c1-10-12-5-4-11(23-3)8-14(12)24-17(22)13(10)6-7-15(19)18(2)9-16(20)21/h4-5,8H,6-7,9H2,1-3H3,(H,20,21). The number of ether oxygens (including phenoxy) is 1. The van der Waals surface area contributed by atoms with Crippen LogP contribution in [0.5, 0.6) is 5.75 Å². The van der Waals surface area contributed by atoms with Crippen LogP contribution in [0.4, 0.5) is 0 Å². The predicted molar refractivity (Wildman–Crippen MR) is 87.4 cm³/mol. The Kier molecular flexibility index (Phi) is 5.23. The number of hydrogen-bond acceptors (Lipinski definition) is 5. The van der Waals surface area contributed by atoms with Crippen LogP contribution in [0.1, 0.15) is 17.5 Å². The second kappa shape index (κ2) is 7.16. The molecule has 0 aliphatic rings. The van der Waals surface area contributed by atoms with E-state index in [9.17, 15) is 14.4 Å². The second-order valence-electron chi connectivity index (χ2n) is 5.50. The van der Waals surface area contributed by atoms with Crippen molar-refractivity contribution in [1.82, 2.24) is 4.90 Å². The third-order valence-corrected chi connectivity index (χ3v) is 3.88. The van der Waals surface area contributed by atoms with Gasteiger partial charge in [-0.3, -0.25) is 9.59 Å². The number of carboxylic acids is 1. The third kappa shape index (κ3) is 3.73. The van der Waals surface area contributed by atoms with Crippen molar-refractivity contribution in [2.75, 3.05) is 20.7 Å². The van der Waals surface area contributed by atoms with Crippen molar-refractivity contribution < 1.29 is 23.8 Å². The molecule has 7 heteroatoms. The monoisotopic (exact) mass is 333 g/mol. The summed E-state index contributed by atoms with van der Waals surface area (Å²) >= 11 is 0. The molecule has 0 radical (unpaired) electrons. The molecule has 0 unspecified atom stereocenters. The Balaban J connectivity index is 2.25. The largest absolute Gasteiger partial charge is 0.497 e. The number of methoxy groups -OCH3 is 1. The Morgan fingerprint density at radius 2 is 2.04 bits per heavy atom. The van der Waals surface area contributed by atoms with Gasteiger partial charge in [0.25, 0.3) is 0 Å². The van der Waals surface area contributed by atoms with E-state index >= 15 is 0 Å². The minimum atomic E-state index is -1.08. The zero-order valence-electron chi connectivity index (χ0n) is 13.8. The van der Waals surface area contributed by atoms with E-state index in [0.29, 0.717) is 16.9 Å². The summed E-state index contributed by atoms with van der Waals surface area (Å²) in [5, 5.41) is 9.47. The fourth-order valence-corrected chi connectivity index (χ4v) is 2.50. The lowest BCUT2D eigenvalue weighted by atomic mass is 10.0. The molecule has 24 heavy (non-hydrogen) atoms. The molecule has 1 aromatic carbocycles. The molecule has 0 saturated carbocycles. The van der Waals surface area contributed by atoms with Gasteiger partial charge in [0.1, 0.15) is 17.9 Å². The molecule has 0 aliphatic heterocycles. The fourth-order valence-electron chi connectivity index (χ4n) is 2.50. The number of carbonyl (C=O) groups is 2. The topological polar surface area (TPSA) is 97.0 Å². The van der Waals surface area contributed by atoms with Crippen LogP contribution in [0.25, 0.3) is 11.0 Å². The SMILES string of the molecule is COc1ccc2c(C)c(CCC(=O)N(C)CC(=O)O)c(=O)oc2c1. The smallest absolute Gasteiger partial charge is 0.339 e. The van der Waals surface area contributed by atoms with Crippen LogP contribution in [-0.4, -0.2) is 42.6 Å². The molecule has 1 amide bonds. The maximum Gasteiger partial charge on any atom is 0.339 e. The van der Waals surface area contributed by atoms with Gasteiger partial charge in [-0.05, 0) is 31.0 Å². The summed E-state index contributed by atoms with van der Waals surface area (Å²) in [6.07, 6.45) is 0.232. The van der Waals surface area contributed by atoms with Crippen LogP contribution in [0.3, 0.4) is 0 Å². The van der Waals surface area contributed by atoms with Gasteiger partial charge in [-0.15, -0.1) is 0 Å². The number of amides is 1. The summed E-state index contributed by atoms with van der Waals surface area (Å²) in [6.45, 7) is 1.43. The molecule has 1 aromatic heterocycles. The third-order valence-electron chi connectivity index (χ3n) is 3.88. The highest BCUT2D eigenvalue weighted by Crippen LogP contribution is 2.24. The van der Waals surface area contributed by atoms with Gasteiger partial charge in [-0.1, -0.05) is 0 Å². The Morgan fingerprint density at radius 3 is 2.67 bits per heavy atom. The quantitative estimate of drug-likeness (QED) is 0.806. The molecule has 2 rings (SSSR count). The fraction of sp³-hybridized carbons (Fsp3) is 0.353. The highest BCUT2D eigenvalue weighted by atomic mass is 16.5. The summed E-state index contributed by atoms with van der Waals surface area (Å²) in [6, 6.07) is 5.21. The van der Waals surface area contributed by atoms with Gasteiger partial charge in [0.15, 0.2) is 0 Å². The first-order valence-electron chi connectivity index (χ1n) is 7.39. The Hall–Kier alpha value is -2.83. The summed E-state index contributed by atoms with van der Waals surface area (Å²) < 4.78 is 10.4. The van der Waals surface area contributed by atoms with E-state index < -0.39 is 11.6 Å². The number of hydrogen-bond donors (Lipinski definition) is 1. The first-order chi connectivity index (χ1) is 11.3. The van der Waals surface area contributed by atoms with Crippen molar-refractivity contribution in [2.45, 2.75) is 19.8 Å². The van der Waals surface area contributed by atoms with Crippen LogP contribution < -0.4 is 10.4 Å². The van der Waals surface area contributed by atoms with Gasteiger partial charge in [0.05, 0.1) is 7.11 Å². The molecular weight excluding hydrogens is 314 g/mol. The van der Waals surface area contributed by atoms with Crippen LogP contribution in [0.2, 0.25) is 0 Å². The first-order valence-corrected chi connectivity index (χ1v) is 7.39. The lowest BCUT2D eigenvalue weighted by molar-refractivity contribution is -0.143. The maximum atomic E-state index is 12.2. The molecule has 0 aliphatic carbocycles. The van der Waals surface area contributed by atoms with Gasteiger partial charge in [0, 0.05) is 30.5 Å². The van der Waals surface area contributed by atoms with Crippen molar-refractivity contribution in [3.8, 4) is 5.75 Å². The molecule has 0 fully saturated rings. The van der Waals surface area contributed by atoms with Crippen molar-refractivity contribution in [3.63, 3.8) is 0 Å². The van der Waals surface area contributed by atoms with Crippen LogP contribution in [-0.2, 0) is 16.0 Å². The lowest BCUT2D eigenvalue weighted by Gasteiger charge is -2.14. The number of aryl methyl sites for hydroxylation is 1. The normalized spacial score (nSPS) is 10.6. The molecular formula is C17H19NO6. The predicted octanol–water partition coefficient (Wildman–Crippen LogP) is 1.59. The Morgan fingerprint density at radius 1 is 1.33 bits per heavy atom. The van der Waals surface area contributed by atoms with Gasteiger partial charge in [-0.2, -0.15) is 0 Å². The molecule has 0 bridgehead atoms. The first kappa shape index (κ1) is 17.5. The highest BCUT2D eigenvalue weighted by molar-refractivity contribution is 5.83. The summed E-state index contributed by atoms with van der Waals surface area (Å²) in [7, 11) is 2.94. The van der Waals surface area contributed by atoms with Gasteiger partial charge >= 0.3 is 11.6 Å². The van der Waals surface area contributed by atoms with Crippen molar-refractivity contribution >= 4 is 22.8 Å². The van der Waals surface area contributed by atoms with Crippen molar-refractivity contribution in [2.24, 2.45) is 0 Å². The van der Waals surface area contributed by atoms with Crippen LogP contribution in [0, 0.1) is 6.92 Å². The molecule has 0 atom stereocenters. The molecule has 2 aromatic rings. The molecule has 1 N–H and O–H groups in total. The van der Waals surface area contributed by atoms with Crippen LogP contribution in [0.15, 0.2) is 27.4 Å². The van der Waals surface area contributed by atoms with E-state index in [0.717, 1.165) is 15.8 Å². The van der Waals surface area contributed by atoms with E-state index in [4.69, 9.17) is 14.3 Å². The number of benzene rings is 1. The molecule has 7 nitrogen and oxygen atoms in total. The zero-order chi connectivity index (χ0) is 17.9. The maximum absolute atomic E-state index is 12.2. The van der Waals surface area contributed by atoms with E-state index in [1.165, 1.54) is 14.2 Å². The number of likely N-dealkylation sites (N-methyl/N-ethyl adjacent to an activating group) is 1. The number of nitrogens with zero attached hydrogens (tertiary/aromatic N) is 1. The van der Waals surface area contributed by atoms with Gasteiger partial charge < -0.3 is 19.2 Å². The van der Waals surface area contributed by atoms with E-state index in [1.54, 1.807) is 25.1 Å². The Labute approximate surface area is 138 Å². The molecule has 0 saturated heterocycles. The molecule has 0 spiro atoms. The van der Waals surface area contributed by atoms with E-state index in [2.05, 4.69) is 0 Å². The Bertz CT molecular complexity index is 839. The lowest BCUT2D eigenvalue weighted by Crippen LogP contribution is -2.32. The number of carboxylic acid groups (broad SMARTS) is 1. The summed E-state index contributed by atoms with van der Waals surface area (Å²) in [4.78, 5) is 35.9. The molecule has 1 heterocycles. The number of rotatable bonds is 6. The number of carbonyl (C=O) groups excluding carboxylic acids is 1. The van der Waals surface area contributed by atoms with Gasteiger partial charge in [-0.25, -0.2) is 4.79 Å². The summed E-state index contributed by atoms with van der Waals surface area (Å²) in [5.41, 5.74) is 1.10. The van der Waals surface area contributed by atoms with E-state index in [1.807, 2.05) is 0 Å². The van der Waals surface area contributed by atoms with Gasteiger partial charge in [0.2, 0.25) is 5.91 Å². The number of fused-ring (bicyclic) bond motifs is 1. The zero-order valence-corrected chi connectivity index (χ0v) is 13.8. The van der Waals surface area contributed by atoms with E-state index in [-0.39, 0.29) is 25.3 Å². The average molecular weight is 333 g/mol. The minimum absolute atomic E-state index is 0.0387. The second-order valence-corrected chi connectivity index (χ2v) is 5.50. The summed E-state index contributed by atoms with van der Waals surface area (Å²) in [5.74, 6) is -0.838. The highest BCUT2D eigenvalue weighted by Gasteiger charge is 2.16. The minimum Gasteiger partial charge on any atom is -0.497 e. The van der Waals surface area contributed by atoms with Crippen LogP contribution >= 0.6 is 0 Å². The number of aliphatic carboxylic acids is 1. The average Bonchev–Trinajstić information content (AvgIpc) is 2.53. The molecule has 128 valence electrons. The van der Waals surface area contributed by atoms with Crippen molar-refractivity contribution in [1.29, 1.82) is 0 Å².